The highest BCUT2D eigenvalue weighted by Crippen LogP contribution is 2.27. The van der Waals surface area contributed by atoms with Crippen molar-refractivity contribution in [1.82, 2.24) is 20.1 Å². The van der Waals surface area contributed by atoms with Crippen LogP contribution in [0.15, 0.2) is 35.0 Å². The van der Waals surface area contributed by atoms with E-state index in [0.29, 0.717) is 17.5 Å². The zero-order valence-electron chi connectivity index (χ0n) is 17.0. The summed E-state index contributed by atoms with van der Waals surface area (Å²) in [6.07, 6.45) is 0.189. The highest BCUT2D eigenvalue weighted by Gasteiger charge is 2.20. The van der Waals surface area contributed by atoms with Gasteiger partial charge in [0.15, 0.2) is 5.13 Å². The van der Waals surface area contributed by atoms with Gasteiger partial charge in [-0.3, -0.25) is 10.1 Å². The summed E-state index contributed by atoms with van der Waals surface area (Å²) in [7, 11) is 0. The van der Waals surface area contributed by atoms with E-state index in [9.17, 15) is 14.7 Å². The predicted octanol–water partition coefficient (Wildman–Crippen LogP) is 2.47. The molecule has 164 valence electrons. The van der Waals surface area contributed by atoms with E-state index >= 15 is 0 Å². The lowest BCUT2D eigenvalue weighted by molar-refractivity contribution is -0.123. The van der Waals surface area contributed by atoms with Crippen molar-refractivity contribution in [2.75, 3.05) is 17.2 Å². The topological polar surface area (TPSA) is 163 Å². The normalized spacial score (nSPS) is 12.0. The fourth-order valence-corrected chi connectivity index (χ4v) is 3.80. The number of carbonyl (C=O) groups is 2. The Labute approximate surface area is 185 Å². The number of nitrogens with one attached hydrogen (secondary N) is 2. The van der Waals surface area contributed by atoms with E-state index in [1.54, 1.807) is 13.1 Å². The van der Waals surface area contributed by atoms with Gasteiger partial charge in [0.25, 0.3) is 5.91 Å². The van der Waals surface area contributed by atoms with Crippen molar-refractivity contribution < 1.29 is 24.3 Å². The number of thiazole rings is 1. The molecule has 0 bridgehead atoms. The fourth-order valence-electron chi connectivity index (χ4n) is 2.99. The molecular weight excluding hydrogens is 436 g/mol. The Hall–Kier alpha value is -3.90. The number of carboxylic acids is 1. The summed E-state index contributed by atoms with van der Waals surface area (Å²) in [5, 5.41) is 30.4. The van der Waals surface area contributed by atoms with Gasteiger partial charge in [-0.2, -0.15) is 4.98 Å². The highest BCUT2D eigenvalue weighted by atomic mass is 32.1. The maximum atomic E-state index is 12.3. The van der Waals surface area contributed by atoms with Crippen LogP contribution in [0.3, 0.4) is 0 Å². The number of nitrogens with zero attached hydrogens (tertiary/aromatic N) is 4. The number of aromatic nitrogens is 4. The first-order chi connectivity index (χ1) is 15.3. The number of aryl methyl sites for hydroxylation is 2. The van der Waals surface area contributed by atoms with Gasteiger partial charge < -0.3 is 20.1 Å². The summed E-state index contributed by atoms with van der Waals surface area (Å²) >= 11 is 0.825. The third-order valence-electron chi connectivity index (χ3n) is 4.54. The summed E-state index contributed by atoms with van der Waals surface area (Å²) < 4.78 is 5.03. The minimum absolute atomic E-state index is 0.0282. The quantitative estimate of drug-likeness (QED) is 0.326. The average Bonchev–Trinajstić information content (AvgIpc) is 3.36. The Bertz CT molecular complexity index is 1320. The molecule has 4 N–H and O–H groups in total. The van der Waals surface area contributed by atoms with Gasteiger partial charge in [0, 0.05) is 24.1 Å². The van der Waals surface area contributed by atoms with Gasteiger partial charge in [-0.05, 0) is 24.4 Å². The van der Waals surface area contributed by atoms with Crippen molar-refractivity contribution >= 4 is 44.9 Å². The van der Waals surface area contributed by atoms with E-state index in [-0.39, 0.29) is 22.2 Å². The van der Waals surface area contributed by atoms with Crippen molar-refractivity contribution in [3.63, 3.8) is 0 Å². The molecule has 4 rings (SSSR count). The number of carboxylic acid groups (broad SMARTS) is 1. The molecule has 0 saturated heterocycles. The lowest BCUT2D eigenvalue weighted by Gasteiger charge is -2.13. The Morgan fingerprint density at radius 3 is 2.72 bits per heavy atom. The Kier molecular flexibility index (Phi) is 5.79. The number of fused-ring (bicyclic) bond motifs is 1. The van der Waals surface area contributed by atoms with Gasteiger partial charge in [-0.1, -0.05) is 28.6 Å². The van der Waals surface area contributed by atoms with E-state index in [0.717, 1.165) is 27.7 Å². The van der Waals surface area contributed by atoms with Crippen molar-refractivity contribution in [1.29, 1.82) is 0 Å². The Morgan fingerprint density at radius 1 is 1.22 bits per heavy atom. The molecule has 3 heterocycles. The molecule has 4 aromatic rings. The summed E-state index contributed by atoms with van der Waals surface area (Å²) in [5.74, 6) is -0.482. The third-order valence-corrected chi connectivity index (χ3v) is 5.60. The minimum atomic E-state index is -1.42. The zero-order chi connectivity index (χ0) is 22.8. The van der Waals surface area contributed by atoms with E-state index in [4.69, 9.17) is 9.63 Å². The van der Waals surface area contributed by atoms with Crippen LogP contribution in [0.2, 0.25) is 0 Å². The first-order valence-electron chi connectivity index (χ1n) is 9.45. The molecule has 0 aliphatic heterocycles. The highest BCUT2D eigenvalue weighted by molar-refractivity contribution is 7.17. The van der Waals surface area contributed by atoms with Crippen molar-refractivity contribution in [3.8, 4) is 11.4 Å². The van der Waals surface area contributed by atoms with Gasteiger partial charge in [-0.25, -0.2) is 14.8 Å². The number of aromatic carboxylic acids is 1. The van der Waals surface area contributed by atoms with Crippen LogP contribution in [0.4, 0.5) is 10.9 Å². The van der Waals surface area contributed by atoms with Gasteiger partial charge in [0.1, 0.15) is 16.8 Å². The number of amides is 1. The largest absolute Gasteiger partial charge is 0.477 e. The van der Waals surface area contributed by atoms with Crippen LogP contribution in [0.5, 0.6) is 0 Å². The molecule has 11 nitrogen and oxygen atoms in total. The number of aliphatic hydroxyl groups excluding tert-OH is 1. The second-order valence-corrected chi connectivity index (χ2v) is 7.86. The standard InChI is InChI=1S/C20H18N6O5S/c1-9-15(19(29)30)32-20(23-9)25-18(28)14(27)8-22-17-13-7-12(16-24-10(2)31-26-16)4-3-11(13)5-6-21-17/h3-7,14,27H,8H2,1-2H3,(H,21,22)(H,29,30)(H,23,25,28)/t14-/m0/s1. The van der Waals surface area contributed by atoms with Gasteiger partial charge >= 0.3 is 5.97 Å². The lowest BCUT2D eigenvalue weighted by Crippen LogP contribution is -2.33. The SMILES string of the molecule is Cc1nc(-c2ccc3ccnc(NC[C@H](O)C(=O)Nc4nc(C)c(C(=O)O)s4)c3c2)no1. The van der Waals surface area contributed by atoms with Crippen molar-refractivity contribution in [3.05, 3.63) is 46.9 Å². The summed E-state index contributed by atoms with van der Waals surface area (Å²) in [4.78, 5) is 36.0. The fraction of sp³-hybridized carbons (Fsp3) is 0.200. The van der Waals surface area contributed by atoms with Gasteiger partial charge in [0.05, 0.1) is 12.2 Å². The smallest absolute Gasteiger partial charge is 0.347 e. The molecule has 1 atom stereocenters. The van der Waals surface area contributed by atoms with Crippen LogP contribution < -0.4 is 10.6 Å². The van der Waals surface area contributed by atoms with E-state index in [1.165, 1.54) is 6.92 Å². The van der Waals surface area contributed by atoms with E-state index in [1.807, 2.05) is 24.3 Å². The molecule has 0 unspecified atom stereocenters. The molecule has 1 aromatic carbocycles. The number of rotatable bonds is 7. The van der Waals surface area contributed by atoms with Crippen LogP contribution in [0.1, 0.15) is 21.3 Å². The van der Waals surface area contributed by atoms with E-state index < -0.39 is 18.0 Å². The number of hydrogen-bond acceptors (Lipinski definition) is 10. The van der Waals surface area contributed by atoms with Crippen LogP contribution in [0, 0.1) is 13.8 Å². The van der Waals surface area contributed by atoms with Gasteiger partial charge in [0.2, 0.25) is 11.7 Å². The maximum absolute atomic E-state index is 12.3. The summed E-state index contributed by atoms with van der Waals surface area (Å²) in [5.41, 5.74) is 1.02. The molecule has 0 aliphatic carbocycles. The van der Waals surface area contributed by atoms with E-state index in [2.05, 4.69) is 30.7 Å². The lowest BCUT2D eigenvalue weighted by atomic mass is 10.1. The molecule has 3 aromatic heterocycles. The minimum Gasteiger partial charge on any atom is -0.477 e. The number of aliphatic hydroxyl groups is 1. The van der Waals surface area contributed by atoms with Crippen molar-refractivity contribution in [2.45, 2.75) is 20.0 Å². The van der Waals surface area contributed by atoms with Gasteiger partial charge in [-0.15, -0.1) is 0 Å². The first-order valence-corrected chi connectivity index (χ1v) is 10.3. The van der Waals surface area contributed by atoms with Crippen molar-refractivity contribution in [2.24, 2.45) is 0 Å². The first kappa shape index (κ1) is 21.3. The zero-order valence-corrected chi connectivity index (χ0v) is 17.8. The second-order valence-electron chi connectivity index (χ2n) is 6.86. The van der Waals surface area contributed by atoms with Crippen LogP contribution in [0.25, 0.3) is 22.2 Å². The molecule has 1 amide bonds. The maximum Gasteiger partial charge on any atom is 0.347 e. The predicted molar refractivity (Wildman–Crippen MR) is 117 cm³/mol. The number of carbonyl (C=O) groups excluding carboxylic acids is 1. The Morgan fingerprint density at radius 2 is 2.03 bits per heavy atom. The monoisotopic (exact) mass is 454 g/mol. The number of benzene rings is 1. The summed E-state index contributed by atoms with van der Waals surface area (Å²) in [6, 6.07) is 7.42. The van der Waals surface area contributed by atoms with Crippen LogP contribution in [-0.4, -0.2) is 54.8 Å². The molecular formula is C20H18N6O5S. The number of hydrogen-bond donors (Lipinski definition) is 4. The van der Waals surface area contributed by atoms with Crippen LogP contribution in [-0.2, 0) is 4.79 Å². The number of anilines is 2. The third kappa shape index (κ3) is 4.40. The number of pyridine rings is 1. The molecule has 12 heteroatoms. The molecule has 0 fully saturated rings. The molecule has 0 saturated carbocycles. The molecule has 0 radical (unpaired) electrons. The second kappa shape index (κ2) is 8.69. The average molecular weight is 454 g/mol. The summed E-state index contributed by atoms with van der Waals surface area (Å²) in [6.45, 7) is 3.11. The Balaban J connectivity index is 1.47. The molecule has 0 aliphatic rings. The molecule has 0 spiro atoms. The van der Waals surface area contributed by atoms with Crippen LogP contribution >= 0.6 is 11.3 Å². The molecule has 32 heavy (non-hydrogen) atoms.